The van der Waals surface area contributed by atoms with Crippen molar-refractivity contribution in [1.29, 1.82) is 0 Å². The number of nitrogens with one attached hydrogen (secondary N) is 2. The lowest BCUT2D eigenvalue weighted by Crippen LogP contribution is -2.57. The van der Waals surface area contributed by atoms with Crippen LogP contribution in [0.25, 0.3) is 0 Å². The summed E-state index contributed by atoms with van der Waals surface area (Å²) in [6.07, 6.45) is -0.690. The molecule has 0 aromatic rings. The van der Waals surface area contributed by atoms with Crippen LogP contribution in [0, 0.1) is 5.92 Å². The summed E-state index contributed by atoms with van der Waals surface area (Å²) in [4.78, 5) is 72.2. The van der Waals surface area contributed by atoms with Gasteiger partial charge in [0.05, 0.1) is 18.9 Å². The molecular formula is C19H30N4O9. The fraction of sp³-hybridized carbons (Fsp3) is 0.684. The first-order valence-corrected chi connectivity index (χ1v) is 10.2. The molecule has 0 bridgehead atoms. The van der Waals surface area contributed by atoms with E-state index in [1.807, 2.05) is 0 Å². The van der Waals surface area contributed by atoms with Gasteiger partial charge in [-0.15, -0.1) is 0 Å². The summed E-state index contributed by atoms with van der Waals surface area (Å²) in [6, 6.07) is -5.25. The SMILES string of the molecule is CC(C)CC(NC(=O)C(CC(=O)O)NC(=O)C1CCCN1C(=O)C(N)CC(=O)O)C(=O)O. The van der Waals surface area contributed by atoms with E-state index in [0.29, 0.717) is 6.42 Å². The van der Waals surface area contributed by atoms with E-state index in [1.54, 1.807) is 13.8 Å². The third-order valence-corrected chi connectivity index (χ3v) is 4.88. The van der Waals surface area contributed by atoms with Crippen LogP contribution in [0.1, 0.15) is 46.0 Å². The molecule has 1 heterocycles. The Kier molecular flexibility index (Phi) is 10.0. The molecule has 0 aromatic heterocycles. The molecule has 0 aliphatic carbocycles. The molecule has 7 N–H and O–H groups in total. The molecule has 180 valence electrons. The van der Waals surface area contributed by atoms with Gasteiger partial charge in [0.15, 0.2) is 0 Å². The van der Waals surface area contributed by atoms with Gasteiger partial charge >= 0.3 is 17.9 Å². The second-order valence-electron chi connectivity index (χ2n) is 8.08. The highest BCUT2D eigenvalue weighted by atomic mass is 16.4. The molecule has 32 heavy (non-hydrogen) atoms. The molecule has 13 heteroatoms. The van der Waals surface area contributed by atoms with Gasteiger partial charge in [-0.05, 0) is 25.2 Å². The first-order valence-electron chi connectivity index (χ1n) is 10.2. The van der Waals surface area contributed by atoms with E-state index in [2.05, 4.69) is 10.6 Å². The van der Waals surface area contributed by atoms with Gasteiger partial charge in [0.25, 0.3) is 0 Å². The predicted molar refractivity (Wildman–Crippen MR) is 108 cm³/mol. The van der Waals surface area contributed by atoms with Gasteiger partial charge in [0.1, 0.15) is 18.1 Å². The van der Waals surface area contributed by atoms with Gasteiger partial charge in [-0.1, -0.05) is 13.8 Å². The number of hydrogen-bond donors (Lipinski definition) is 6. The van der Waals surface area contributed by atoms with E-state index in [9.17, 15) is 33.9 Å². The van der Waals surface area contributed by atoms with Crippen molar-refractivity contribution >= 4 is 35.6 Å². The summed E-state index contributed by atoms with van der Waals surface area (Å²) in [7, 11) is 0. The van der Waals surface area contributed by atoms with Crippen molar-refractivity contribution in [2.24, 2.45) is 11.7 Å². The van der Waals surface area contributed by atoms with Crippen LogP contribution in [0.5, 0.6) is 0 Å². The molecule has 0 saturated carbocycles. The smallest absolute Gasteiger partial charge is 0.326 e. The van der Waals surface area contributed by atoms with Crippen LogP contribution in [0.4, 0.5) is 0 Å². The Morgan fingerprint density at radius 1 is 0.969 bits per heavy atom. The zero-order chi connectivity index (χ0) is 24.6. The third kappa shape index (κ3) is 8.13. The molecule has 1 rings (SSSR count). The Morgan fingerprint density at radius 3 is 2.06 bits per heavy atom. The van der Waals surface area contributed by atoms with Crippen molar-refractivity contribution in [2.45, 2.75) is 70.1 Å². The molecule has 1 aliphatic rings. The van der Waals surface area contributed by atoms with Crippen molar-refractivity contribution in [3.8, 4) is 0 Å². The quantitative estimate of drug-likeness (QED) is 0.196. The van der Waals surface area contributed by atoms with Crippen molar-refractivity contribution in [3.63, 3.8) is 0 Å². The molecular weight excluding hydrogens is 428 g/mol. The predicted octanol–water partition coefficient (Wildman–Crippen LogP) is -1.65. The van der Waals surface area contributed by atoms with Crippen LogP contribution >= 0.6 is 0 Å². The molecule has 0 radical (unpaired) electrons. The molecule has 3 amide bonds. The van der Waals surface area contributed by atoms with E-state index in [0.717, 1.165) is 4.90 Å². The van der Waals surface area contributed by atoms with Crippen LogP contribution in [0.2, 0.25) is 0 Å². The lowest BCUT2D eigenvalue weighted by Gasteiger charge is -2.28. The minimum atomic E-state index is -1.57. The van der Waals surface area contributed by atoms with E-state index >= 15 is 0 Å². The van der Waals surface area contributed by atoms with Crippen LogP contribution in [0.15, 0.2) is 0 Å². The van der Waals surface area contributed by atoms with Gasteiger partial charge in [-0.3, -0.25) is 24.0 Å². The van der Waals surface area contributed by atoms with Crippen LogP contribution in [-0.2, 0) is 28.8 Å². The van der Waals surface area contributed by atoms with E-state index in [-0.39, 0.29) is 25.3 Å². The van der Waals surface area contributed by atoms with E-state index < -0.39 is 72.6 Å². The average molecular weight is 458 g/mol. The van der Waals surface area contributed by atoms with Gasteiger partial charge in [0, 0.05) is 6.54 Å². The molecule has 4 atom stereocenters. The maximum Gasteiger partial charge on any atom is 0.326 e. The molecule has 0 spiro atoms. The second-order valence-corrected chi connectivity index (χ2v) is 8.08. The number of nitrogens with two attached hydrogens (primary N) is 1. The lowest BCUT2D eigenvalue weighted by molar-refractivity contribution is -0.145. The maximum absolute atomic E-state index is 12.7. The second kappa shape index (κ2) is 12.0. The summed E-state index contributed by atoms with van der Waals surface area (Å²) < 4.78 is 0. The number of rotatable bonds is 12. The van der Waals surface area contributed by atoms with Crippen LogP contribution < -0.4 is 16.4 Å². The number of carboxylic acid groups (broad SMARTS) is 3. The van der Waals surface area contributed by atoms with Crippen molar-refractivity contribution < 1.29 is 44.1 Å². The number of carboxylic acids is 3. The molecule has 1 fully saturated rings. The largest absolute Gasteiger partial charge is 0.481 e. The normalized spacial score (nSPS) is 18.5. The van der Waals surface area contributed by atoms with Crippen molar-refractivity contribution in [1.82, 2.24) is 15.5 Å². The number of hydrogen-bond acceptors (Lipinski definition) is 7. The Labute approximate surface area is 184 Å². The maximum atomic E-state index is 12.7. The standard InChI is InChI=1S/C19H30N4O9/c1-9(2)6-12(19(31)32)22-16(28)11(8-15(26)27)21-17(29)13-4-3-5-23(13)18(30)10(20)7-14(24)25/h9-13H,3-8,20H2,1-2H3,(H,21,29)(H,22,28)(H,24,25)(H,26,27)(H,31,32). The average Bonchev–Trinajstić information content (AvgIpc) is 3.14. The summed E-state index contributed by atoms with van der Waals surface area (Å²) >= 11 is 0. The van der Waals surface area contributed by atoms with Crippen molar-refractivity contribution in [3.05, 3.63) is 0 Å². The Bertz CT molecular complexity index is 755. The van der Waals surface area contributed by atoms with Gasteiger partial charge in [0.2, 0.25) is 17.7 Å². The summed E-state index contributed by atoms with van der Waals surface area (Å²) in [6.45, 7) is 3.65. The number of carbonyl (C=O) groups is 6. The van der Waals surface area contributed by atoms with Gasteiger partial charge in [-0.25, -0.2) is 4.79 Å². The molecule has 0 aromatic carbocycles. The minimum absolute atomic E-state index is 0.0722. The topological polar surface area (TPSA) is 216 Å². The van der Waals surface area contributed by atoms with Gasteiger partial charge < -0.3 is 36.6 Å². The lowest BCUT2D eigenvalue weighted by atomic mass is 10.0. The summed E-state index contributed by atoms with van der Waals surface area (Å²) in [5, 5.41) is 31.7. The molecule has 13 nitrogen and oxygen atoms in total. The van der Waals surface area contributed by atoms with Crippen molar-refractivity contribution in [2.75, 3.05) is 6.54 Å². The molecule has 4 unspecified atom stereocenters. The van der Waals surface area contributed by atoms with E-state index in [4.69, 9.17) is 15.9 Å². The van der Waals surface area contributed by atoms with Gasteiger partial charge in [-0.2, -0.15) is 0 Å². The highest BCUT2D eigenvalue weighted by Gasteiger charge is 2.38. The number of aliphatic carboxylic acids is 3. The highest BCUT2D eigenvalue weighted by Crippen LogP contribution is 2.19. The van der Waals surface area contributed by atoms with Crippen LogP contribution in [0.3, 0.4) is 0 Å². The Morgan fingerprint density at radius 2 is 1.56 bits per heavy atom. The van der Waals surface area contributed by atoms with E-state index in [1.165, 1.54) is 0 Å². The zero-order valence-corrected chi connectivity index (χ0v) is 17.9. The Balaban J connectivity index is 2.93. The Hall–Kier alpha value is -3.22. The first kappa shape index (κ1) is 26.8. The van der Waals surface area contributed by atoms with Crippen LogP contribution in [-0.4, -0.2) is 86.6 Å². The zero-order valence-electron chi connectivity index (χ0n) is 17.9. The number of amides is 3. The number of nitrogens with zero attached hydrogens (tertiary/aromatic N) is 1. The molecule has 1 aliphatic heterocycles. The third-order valence-electron chi connectivity index (χ3n) is 4.88. The monoisotopic (exact) mass is 458 g/mol. The minimum Gasteiger partial charge on any atom is -0.481 e. The molecule has 1 saturated heterocycles. The highest BCUT2D eigenvalue weighted by molar-refractivity contribution is 5.96. The summed E-state index contributed by atoms with van der Waals surface area (Å²) in [5.74, 6) is -6.58. The number of likely N-dealkylation sites (tertiary alicyclic amines) is 1. The fourth-order valence-electron chi connectivity index (χ4n) is 3.41. The number of carbonyl (C=O) groups excluding carboxylic acids is 3. The first-order chi connectivity index (χ1) is 14.8. The summed E-state index contributed by atoms with van der Waals surface area (Å²) in [5.41, 5.74) is 5.60. The fourth-order valence-corrected chi connectivity index (χ4v) is 3.41.